The van der Waals surface area contributed by atoms with Crippen molar-refractivity contribution in [3.63, 3.8) is 0 Å². The molecule has 0 N–H and O–H groups in total. The molecule has 6 heteroatoms. The maximum Gasteiger partial charge on any atom is 0.306 e. The lowest BCUT2D eigenvalue weighted by Gasteiger charge is -2.18. The molecule has 0 radical (unpaired) electrons. The number of hydrogen-bond donors (Lipinski definition) is 0. The van der Waals surface area contributed by atoms with Crippen LogP contribution in [0.2, 0.25) is 0 Å². The Morgan fingerprint density at radius 3 is 0.768 bits per heavy atom. The van der Waals surface area contributed by atoms with Crippen LogP contribution in [0.3, 0.4) is 0 Å². The van der Waals surface area contributed by atoms with Crippen molar-refractivity contribution in [1.29, 1.82) is 0 Å². The smallest absolute Gasteiger partial charge is 0.306 e. The maximum absolute atomic E-state index is 12.9. The summed E-state index contributed by atoms with van der Waals surface area (Å²) in [6, 6.07) is 0. The number of carbonyl (C=O) groups is 3. The first-order valence-corrected chi connectivity index (χ1v) is 34.5. The second-order valence-electron chi connectivity index (χ2n) is 22.7. The molecular formula is C76H128O6. The summed E-state index contributed by atoms with van der Waals surface area (Å²) in [7, 11) is 0. The molecule has 0 spiro atoms. The van der Waals surface area contributed by atoms with Crippen LogP contribution in [0.5, 0.6) is 0 Å². The van der Waals surface area contributed by atoms with Gasteiger partial charge in [0.25, 0.3) is 0 Å². The quantitative estimate of drug-likeness (QED) is 0.0261. The van der Waals surface area contributed by atoms with Gasteiger partial charge in [0.15, 0.2) is 6.10 Å². The Hall–Kier alpha value is -4.19. The first-order valence-electron chi connectivity index (χ1n) is 34.5. The van der Waals surface area contributed by atoms with E-state index in [-0.39, 0.29) is 31.1 Å². The number of carbonyl (C=O) groups excluding carboxylic acids is 3. The summed E-state index contributed by atoms with van der Waals surface area (Å²) in [6.45, 7) is 6.51. The molecular weight excluding hydrogens is 1010 g/mol. The molecule has 0 heterocycles. The molecule has 6 nitrogen and oxygen atoms in total. The van der Waals surface area contributed by atoms with E-state index in [1.54, 1.807) is 0 Å². The van der Waals surface area contributed by atoms with Crippen LogP contribution in [-0.2, 0) is 28.6 Å². The molecule has 0 bridgehead atoms. The Kier molecular flexibility index (Phi) is 65.8. The summed E-state index contributed by atoms with van der Waals surface area (Å²) in [6.07, 6.45) is 96.4. The zero-order valence-electron chi connectivity index (χ0n) is 53.7. The van der Waals surface area contributed by atoms with Crippen LogP contribution in [0.4, 0.5) is 0 Å². The third-order valence-corrected chi connectivity index (χ3v) is 14.7. The van der Waals surface area contributed by atoms with Crippen molar-refractivity contribution < 1.29 is 28.6 Å². The van der Waals surface area contributed by atoms with Crippen molar-refractivity contribution in [2.45, 2.75) is 329 Å². The molecule has 0 aliphatic heterocycles. The van der Waals surface area contributed by atoms with Crippen molar-refractivity contribution in [2.75, 3.05) is 13.2 Å². The summed E-state index contributed by atoms with van der Waals surface area (Å²) in [5.74, 6) is -0.883. The van der Waals surface area contributed by atoms with Gasteiger partial charge in [0.05, 0.1) is 0 Å². The van der Waals surface area contributed by atoms with Gasteiger partial charge in [-0.1, -0.05) is 309 Å². The summed E-state index contributed by atoms with van der Waals surface area (Å²) in [4.78, 5) is 38.3. The van der Waals surface area contributed by atoms with Crippen LogP contribution in [0, 0.1) is 0 Å². The highest BCUT2D eigenvalue weighted by atomic mass is 16.6. The van der Waals surface area contributed by atoms with Gasteiger partial charge < -0.3 is 14.2 Å². The van der Waals surface area contributed by atoms with E-state index in [0.29, 0.717) is 19.3 Å². The molecule has 0 aromatic rings. The lowest BCUT2D eigenvalue weighted by atomic mass is 10.0. The summed E-state index contributed by atoms with van der Waals surface area (Å²) < 4.78 is 16.9. The molecule has 468 valence electrons. The average Bonchev–Trinajstić information content (AvgIpc) is 3.47. The second-order valence-corrected chi connectivity index (χ2v) is 22.7. The standard InChI is InChI=1S/C76H128O6/c1-4-7-10-13-16-19-22-25-27-29-30-31-32-33-34-35-36-37-38-39-40-41-42-43-44-45-46-48-49-51-54-57-60-63-66-69-75(78)81-72-73(71-80-74(77)68-65-62-59-56-53-24-21-18-15-12-9-6-3)82-76(79)70-67-64-61-58-55-52-50-47-28-26-23-20-17-14-11-8-5-2/h7,10,16-17,19-20,25-28,30-31,33-34,36-37,39-40,42-43,73H,4-6,8-9,11-15,18,21-24,29,32,35,38,41,44-72H2,1-3H3/b10-7-,19-16-,20-17-,27-25-,28-26-,31-30-,34-33-,37-36-,40-39-,43-42-. The Morgan fingerprint density at radius 2 is 0.476 bits per heavy atom. The normalized spacial score (nSPS) is 12.9. The SMILES string of the molecule is CC/C=C\C/C=C\C/C=C\C/C=C\C/C=C\C/C=C\C/C=C\C/C=C\CCCCCCCCCCCCC(=O)OCC(COC(=O)CCCCCCCCCCCCCC)OC(=O)CCCCCCCCC/C=C\C/C=C\CCCCC. The van der Waals surface area contributed by atoms with E-state index in [2.05, 4.69) is 142 Å². The third-order valence-electron chi connectivity index (χ3n) is 14.7. The molecule has 1 atom stereocenters. The molecule has 0 rings (SSSR count). The van der Waals surface area contributed by atoms with E-state index in [4.69, 9.17) is 14.2 Å². The summed E-state index contributed by atoms with van der Waals surface area (Å²) in [5, 5.41) is 0. The molecule has 82 heavy (non-hydrogen) atoms. The van der Waals surface area contributed by atoms with E-state index >= 15 is 0 Å². The third kappa shape index (κ3) is 66.6. The predicted molar refractivity (Wildman–Crippen MR) is 357 cm³/mol. The number of esters is 3. The highest BCUT2D eigenvalue weighted by molar-refractivity contribution is 5.71. The number of ether oxygens (including phenoxy) is 3. The van der Waals surface area contributed by atoms with E-state index in [0.717, 1.165) is 122 Å². The van der Waals surface area contributed by atoms with E-state index in [1.807, 2.05) is 0 Å². The molecule has 0 aliphatic rings. The van der Waals surface area contributed by atoms with Crippen LogP contribution in [-0.4, -0.2) is 37.2 Å². The number of hydrogen-bond acceptors (Lipinski definition) is 6. The minimum absolute atomic E-state index is 0.0801. The van der Waals surface area contributed by atoms with Crippen LogP contribution in [0.15, 0.2) is 122 Å². The number of rotatable bonds is 62. The van der Waals surface area contributed by atoms with Crippen molar-refractivity contribution in [2.24, 2.45) is 0 Å². The average molecular weight is 1140 g/mol. The van der Waals surface area contributed by atoms with Gasteiger partial charge >= 0.3 is 17.9 Å². The largest absolute Gasteiger partial charge is 0.462 e. The van der Waals surface area contributed by atoms with Crippen LogP contribution >= 0.6 is 0 Å². The lowest BCUT2D eigenvalue weighted by molar-refractivity contribution is -0.167. The first-order chi connectivity index (χ1) is 40.5. The van der Waals surface area contributed by atoms with Crippen LogP contribution in [0.25, 0.3) is 0 Å². The fourth-order valence-corrected chi connectivity index (χ4v) is 9.55. The van der Waals surface area contributed by atoms with E-state index in [9.17, 15) is 14.4 Å². The Balaban J connectivity index is 4.22. The van der Waals surface area contributed by atoms with Crippen molar-refractivity contribution in [1.82, 2.24) is 0 Å². The molecule has 0 aromatic carbocycles. The summed E-state index contributed by atoms with van der Waals surface area (Å²) >= 11 is 0. The second kappa shape index (κ2) is 69.3. The van der Waals surface area contributed by atoms with E-state index < -0.39 is 6.10 Å². The predicted octanol–water partition coefficient (Wildman–Crippen LogP) is 23.9. The number of unbranched alkanes of at least 4 members (excludes halogenated alkanes) is 31. The molecule has 0 aliphatic carbocycles. The molecule has 0 saturated heterocycles. The molecule has 0 fully saturated rings. The van der Waals surface area contributed by atoms with E-state index in [1.165, 1.54) is 161 Å². The highest BCUT2D eigenvalue weighted by Gasteiger charge is 2.19. The Bertz CT molecular complexity index is 1690. The van der Waals surface area contributed by atoms with Gasteiger partial charge in [-0.05, 0) is 116 Å². The van der Waals surface area contributed by atoms with Crippen LogP contribution < -0.4 is 0 Å². The highest BCUT2D eigenvalue weighted by Crippen LogP contribution is 2.16. The fraction of sp³-hybridized carbons (Fsp3) is 0.697. The Morgan fingerprint density at radius 1 is 0.256 bits per heavy atom. The number of allylic oxidation sites excluding steroid dienone is 20. The zero-order valence-corrected chi connectivity index (χ0v) is 53.7. The maximum atomic E-state index is 12.9. The van der Waals surface area contributed by atoms with Crippen molar-refractivity contribution >= 4 is 17.9 Å². The Labute approximate surface area is 507 Å². The minimum atomic E-state index is -0.785. The molecule has 0 saturated carbocycles. The fourth-order valence-electron chi connectivity index (χ4n) is 9.55. The van der Waals surface area contributed by atoms with Gasteiger partial charge in [0.2, 0.25) is 0 Å². The monoisotopic (exact) mass is 1140 g/mol. The lowest BCUT2D eigenvalue weighted by Crippen LogP contribution is -2.30. The van der Waals surface area contributed by atoms with Gasteiger partial charge in [-0.3, -0.25) is 14.4 Å². The van der Waals surface area contributed by atoms with Gasteiger partial charge in [0.1, 0.15) is 13.2 Å². The van der Waals surface area contributed by atoms with Crippen LogP contribution in [0.1, 0.15) is 323 Å². The zero-order chi connectivity index (χ0) is 59.2. The van der Waals surface area contributed by atoms with Crippen molar-refractivity contribution in [3.05, 3.63) is 122 Å². The van der Waals surface area contributed by atoms with Gasteiger partial charge in [0, 0.05) is 19.3 Å². The minimum Gasteiger partial charge on any atom is -0.462 e. The molecule has 0 aromatic heterocycles. The topological polar surface area (TPSA) is 78.9 Å². The van der Waals surface area contributed by atoms with Gasteiger partial charge in [-0.2, -0.15) is 0 Å². The first kappa shape index (κ1) is 77.8. The molecule has 1 unspecified atom stereocenters. The van der Waals surface area contributed by atoms with Gasteiger partial charge in [-0.25, -0.2) is 0 Å². The van der Waals surface area contributed by atoms with Gasteiger partial charge in [-0.15, -0.1) is 0 Å². The van der Waals surface area contributed by atoms with Crippen molar-refractivity contribution in [3.8, 4) is 0 Å². The molecule has 0 amide bonds. The summed E-state index contributed by atoms with van der Waals surface area (Å²) in [5.41, 5.74) is 0.